The molecule has 1 aromatic heterocycles. The van der Waals surface area contributed by atoms with Crippen LogP contribution in [0.5, 0.6) is 0 Å². The van der Waals surface area contributed by atoms with Crippen LogP contribution < -0.4 is 10.6 Å². The maximum atomic E-state index is 13.8. The van der Waals surface area contributed by atoms with Crippen LogP contribution in [0.25, 0.3) is 0 Å². The maximum Gasteiger partial charge on any atom is 0.325 e. The van der Waals surface area contributed by atoms with Crippen LogP contribution in [-0.4, -0.2) is 75.1 Å². The van der Waals surface area contributed by atoms with Crippen LogP contribution in [0.1, 0.15) is 61.1 Å². The van der Waals surface area contributed by atoms with E-state index >= 15 is 0 Å². The molecule has 0 atom stereocenters. The number of anilines is 1. The number of rotatable bonds is 6. The van der Waals surface area contributed by atoms with E-state index in [-0.39, 0.29) is 22.9 Å². The summed E-state index contributed by atoms with van der Waals surface area (Å²) in [5.41, 5.74) is 5.80. The second-order valence-electron chi connectivity index (χ2n) is 10.7. The first-order valence-electron chi connectivity index (χ1n) is 12.3. The quantitative estimate of drug-likeness (QED) is 0.659. The number of hydrogen-bond donors (Lipinski definition) is 2. The summed E-state index contributed by atoms with van der Waals surface area (Å²) in [5, 5.41) is 11.0. The van der Waals surface area contributed by atoms with Crippen molar-refractivity contribution in [1.29, 1.82) is 0 Å². The highest BCUT2D eigenvalue weighted by atomic mass is 16.3. The van der Waals surface area contributed by atoms with Crippen LogP contribution in [0.15, 0.2) is 42.7 Å². The number of aliphatic hydroxyl groups is 1. The Morgan fingerprint density at radius 1 is 1.06 bits per heavy atom. The first kappa shape index (κ1) is 23.7. The Hall–Kier alpha value is -3.04. The fraction of sp³-hybridized carbons (Fsp3) is 0.538. The van der Waals surface area contributed by atoms with Crippen molar-refractivity contribution in [2.45, 2.75) is 61.6 Å². The molecule has 9 heteroatoms. The standard InChI is InChI=1S/C26H34N6O3/c1-30(2)26(19-7-4-3-5-8-19)13-11-24(12-14-26)17-31(20-15-28-22(21(27)33)29-16-20)23(34)32(24)18-25(35)9-6-10-25/h3-5,7-8,15-16,35H,6,9-14,17-18H2,1-2H3,(H2,27,33). The largest absolute Gasteiger partial charge is 0.388 e. The fourth-order valence-electron chi connectivity index (χ4n) is 6.16. The van der Waals surface area contributed by atoms with E-state index in [1.54, 1.807) is 4.90 Å². The number of aromatic nitrogens is 2. The van der Waals surface area contributed by atoms with Gasteiger partial charge in [0.05, 0.1) is 42.3 Å². The zero-order valence-corrected chi connectivity index (χ0v) is 20.5. The molecular formula is C26H34N6O3. The lowest BCUT2D eigenvalue weighted by Crippen LogP contribution is -2.59. The van der Waals surface area contributed by atoms with Crippen molar-refractivity contribution < 1.29 is 14.7 Å². The van der Waals surface area contributed by atoms with Crippen LogP contribution in [0.2, 0.25) is 0 Å². The number of hydrogen-bond acceptors (Lipinski definition) is 6. The molecule has 2 aromatic rings. The molecule has 3 N–H and O–H groups in total. The molecule has 0 radical (unpaired) electrons. The number of β-amino-alcohol motifs (C(OH)–C–C–N with tert-alkyl or cyclic N) is 1. The smallest absolute Gasteiger partial charge is 0.325 e. The minimum absolute atomic E-state index is 0.0768. The Labute approximate surface area is 205 Å². The minimum Gasteiger partial charge on any atom is -0.388 e. The van der Waals surface area contributed by atoms with Gasteiger partial charge in [0, 0.05) is 5.54 Å². The van der Waals surface area contributed by atoms with Gasteiger partial charge in [-0.15, -0.1) is 0 Å². The third kappa shape index (κ3) is 3.96. The van der Waals surface area contributed by atoms with Gasteiger partial charge in [-0.3, -0.25) is 14.6 Å². The zero-order valence-electron chi connectivity index (χ0n) is 20.5. The van der Waals surface area contributed by atoms with Gasteiger partial charge in [-0.1, -0.05) is 30.3 Å². The molecule has 1 aromatic carbocycles. The molecule has 186 valence electrons. The number of nitrogens with zero attached hydrogens (tertiary/aromatic N) is 5. The van der Waals surface area contributed by atoms with E-state index in [2.05, 4.69) is 53.2 Å². The number of urea groups is 1. The van der Waals surface area contributed by atoms with Crippen LogP contribution in [0.4, 0.5) is 10.5 Å². The van der Waals surface area contributed by atoms with Crippen molar-refractivity contribution >= 4 is 17.6 Å². The molecule has 1 aliphatic heterocycles. The number of carbonyl (C=O) groups is 2. The molecule has 2 heterocycles. The van der Waals surface area contributed by atoms with E-state index in [1.165, 1.54) is 18.0 Å². The summed E-state index contributed by atoms with van der Waals surface area (Å²) in [6.07, 6.45) is 8.82. The van der Waals surface area contributed by atoms with E-state index in [0.29, 0.717) is 18.8 Å². The predicted molar refractivity (Wildman–Crippen MR) is 132 cm³/mol. The van der Waals surface area contributed by atoms with E-state index in [0.717, 1.165) is 44.9 Å². The summed E-state index contributed by atoms with van der Waals surface area (Å²) in [7, 11) is 4.26. The van der Waals surface area contributed by atoms with Crippen molar-refractivity contribution in [1.82, 2.24) is 19.8 Å². The van der Waals surface area contributed by atoms with E-state index in [1.807, 2.05) is 11.0 Å². The molecule has 0 unspecified atom stereocenters. The third-order valence-electron chi connectivity index (χ3n) is 8.57. The Morgan fingerprint density at radius 3 is 2.20 bits per heavy atom. The second-order valence-corrected chi connectivity index (χ2v) is 10.7. The summed E-state index contributed by atoms with van der Waals surface area (Å²) in [6, 6.07) is 10.4. The van der Waals surface area contributed by atoms with Crippen LogP contribution in [0.3, 0.4) is 0 Å². The highest BCUT2D eigenvalue weighted by molar-refractivity contribution is 5.95. The molecule has 3 amide bonds. The first-order chi connectivity index (χ1) is 16.7. The Bertz CT molecular complexity index is 1090. The molecular weight excluding hydrogens is 444 g/mol. The van der Waals surface area contributed by atoms with Gasteiger partial charge in [0.1, 0.15) is 0 Å². The molecule has 1 saturated heterocycles. The highest BCUT2D eigenvalue weighted by Gasteiger charge is 2.56. The second kappa shape index (κ2) is 8.57. The van der Waals surface area contributed by atoms with Gasteiger partial charge in [0.25, 0.3) is 5.91 Å². The van der Waals surface area contributed by atoms with Crippen LogP contribution in [0, 0.1) is 0 Å². The van der Waals surface area contributed by atoms with Gasteiger partial charge in [-0.25, -0.2) is 14.8 Å². The van der Waals surface area contributed by atoms with Crippen molar-refractivity contribution in [2.75, 3.05) is 32.1 Å². The number of benzene rings is 1. The lowest BCUT2D eigenvalue weighted by molar-refractivity contribution is -0.0725. The van der Waals surface area contributed by atoms with Crippen molar-refractivity contribution in [3.63, 3.8) is 0 Å². The number of carbonyl (C=O) groups excluding carboxylic acids is 2. The van der Waals surface area contributed by atoms with Gasteiger partial charge >= 0.3 is 6.03 Å². The number of primary amides is 1. The average Bonchev–Trinajstić information content (AvgIpc) is 3.10. The topological polar surface area (TPSA) is 116 Å². The summed E-state index contributed by atoms with van der Waals surface area (Å²) >= 11 is 0. The Kier molecular flexibility index (Phi) is 5.80. The summed E-state index contributed by atoms with van der Waals surface area (Å²) in [6.45, 7) is 0.836. The average molecular weight is 479 g/mol. The van der Waals surface area contributed by atoms with Gasteiger partial charge in [-0.05, 0) is 64.6 Å². The van der Waals surface area contributed by atoms with Crippen molar-refractivity contribution in [3.8, 4) is 0 Å². The molecule has 9 nitrogen and oxygen atoms in total. The molecule has 3 aliphatic rings. The first-order valence-corrected chi connectivity index (χ1v) is 12.3. The van der Waals surface area contributed by atoms with E-state index < -0.39 is 11.5 Å². The molecule has 2 aliphatic carbocycles. The van der Waals surface area contributed by atoms with Crippen molar-refractivity contribution in [2.24, 2.45) is 5.73 Å². The zero-order chi connectivity index (χ0) is 24.8. The van der Waals surface area contributed by atoms with Crippen LogP contribution >= 0.6 is 0 Å². The third-order valence-corrected chi connectivity index (χ3v) is 8.57. The van der Waals surface area contributed by atoms with Crippen molar-refractivity contribution in [3.05, 3.63) is 54.1 Å². The predicted octanol–water partition coefficient (Wildman–Crippen LogP) is 2.50. The summed E-state index contributed by atoms with van der Waals surface area (Å²) < 4.78 is 0. The monoisotopic (exact) mass is 478 g/mol. The number of nitrogens with two attached hydrogens (primary N) is 1. The summed E-state index contributed by atoms with van der Waals surface area (Å²) in [5.74, 6) is -0.783. The lowest BCUT2D eigenvalue weighted by atomic mass is 9.67. The molecule has 1 spiro atoms. The lowest BCUT2D eigenvalue weighted by Gasteiger charge is -2.52. The molecule has 5 rings (SSSR count). The molecule has 35 heavy (non-hydrogen) atoms. The van der Waals surface area contributed by atoms with E-state index in [4.69, 9.17) is 5.73 Å². The van der Waals surface area contributed by atoms with Gasteiger partial charge < -0.3 is 15.7 Å². The van der Waals surface area contributed by atoms with E-state index in [9.17, 15) is 14.7 Å². The van der Waals surface area contributed by atoms with Crippen LogP contribution in [-0.2, 0) is 5.54 Å². The number of amides is 3. The fourth-order valence-corrected chi connectivity index (χ4v) is 6.16. The molecule has 2 saturated carbocycles. The Balaban J connectivity index is 1.46. The maximum absolute atomic E-state index is 13.8. The highest BCUT2D eigenvalue weighted by Crippen LogP contribution is 2.50. The molecule has 0 bridgehead atoms. The van der Waals surface area contributed by atoms with Gasteiger partial charge in [0.15, 0.2) is 0 Å². The normalized spacial score (nSPS) is 27.9. The molecule has 3 fully saturated rings. The minimum atomic E-state index is -0.819. The van der Waals surface area contributed by atoms with Gasteiger partial charge in [0.2, 0.25) is 5.82 Å². The van der Waals surface area contributed by atoms with Gasteiger partial charge in [-0.2, -0.15) is 0 Å². The SMILES string of the molecule is CN(C)C1(c2ccccc2)CCC2(CC1)CN(c1cnc(C(N)=O)nc1)C(=O)N2CC1(O)CCC1. The summed E-state index contributed by atoms with van der Waals surface area (Å²) in [4.78, 5) is 39.2. The Morgan fingerprint density at radius 2 is 1.69 bits per heavy atom.